The summed E-state index contributed by atoms with van der Waals surface area (Å²) in [5.41, 5.74) is 0. The molecule has 19 heavy (non-hydrogen) atoms. The molecular formula is C10H22Na3O5P. The summed E-state index contributed by atoms with van der Waals surface area (Å²) in [6.07, 6.45) is 7.68. The smallest absolute Gasteiger partial charge is 0.822 e. The van der Waals surface area contributed by atoms with Gasteiger partial charge in [-0.25, -0.2) is 0 Å². The molecular weight excluding hydrogens is 300 g/mol. The Kier molecular flexibility index (Phi) is 46.0. The molecule has 0 spiro atoms. The molecule has 0 heterocycles. The Labute approximate surface area is 183 Å². The molecule has 0 rings (SSSR count). The van der Waals surface area contributed by atoms with Crippen LogP contribution in [0.3, 0.4) is 0 Å². The minimum absolute atomic E-state index is 0. The first-order chi connectivity index (χ1) is 7.41. The predicted octanol–water partition coefficient (Wildman–Crippen LogP) is -8.43. The van der Waals surface area contributed by atoms with Crippen molar-refractivity contribution in [1.29, 1.82) is 0 Å². The molecule has 5 nitrogen and oxygen atoms in total. The van der Waals surface area contributed by atoms with Crippen LogP contribution in [0.15, 0.2) is 0 Å². The second kappa shape index (κ2) is 26.0. The maximum atomic E-state index is 8.55. The molecule has 100 valence electrons. The van der Waals surface area contributed by atoms with Crippen molar-refractivity contribution in [2.24, 2.45) is 0 Å². The molecule has 0 aromatic carbocycles. The van der Waals surface area contributed by atoms with Gasteiger partial charge in [0.1, 0.15) is 0 Å². The fourth-order valence-electron chi connectivity index (χ4n) is 1.01. The molecule has 0 saturated heterocycles. The summed E-state index contributed by atoms with van der Waals surface area (Å²) in [7, 11) is -5.39. The Bertz CT molecular complexity index is 164. The summed E-state index contributed by atoms with van der Waals surface area (Å²) < 4.78 is 14.0. The SMILES string of the molecule is CCCCCOCCCCC.O=P([O-])([O-])[O-].[Na+].[Na+].[Na+]. The molecule has 0 aliphatic rings. The quantitative estimate of drug-likeness (QED) is 0.251. The molecule has 0 unspecified atom stereocenters. The maximum Gasteiger partial charge on any atom is 1.00 e. The Balaban J connectivity index is -0.0000000717. The van der Waals surface area contributed by atoms with Crippen molar-refractivity contribution in [2.45, 2.75) is 52.4 Å². The third kappa shape index (κ3) is 62.5. The van der Waals surface area contributed by atoms with E-state index in [0.29, 0.717) is 0 Å². The number of ether oxygens (including phenoxy) is 1. The van der Waals surface area contributed by atoms with Crippen molar-refractivity contribution in [3.8, 4) is 0 Å². The number of phosphoric acid groups is 1. The van der Waals surface area contributed by atoms with Crippen LogP contribution in [0.1, 0.15) is 52.4 Å². The minimum atomic E-state index is -5.39. The van der Waals surface area contributed by atoms with Gasteiger partial charge in [-0.2, -0.15) is 7.82 Å². The monoisotopic (exact) mass is 322 g/mol. The summed E-state index contributed by atoms with van der Waals surface area (Å²) in [6.45, 7) is 6.38. The zero-order valence-corrected chi connectivity index (χ0v) is 20.0. The van der Waals surface area contributed by atoms with Gasteiger partial charge in [-0.05, 0) is 12.8 Å². The first-order valence-corrected chi connectivity index (χ1v) is 7.18. The molecule has 0 atom stereocenters. The second-order valence-corrected chi connectivity index (χ2v) is 4.37. The van der Waals surface area contributed by atoms with Crippen LogP contribution in [0.25, 0.3) is 0 Å². The van der Waals surface area contributed by atoms with E-state index in [9.17, 15) is 0 Å². The summed E-state index contributed by atoms with van der Waals surface area (Å²) in [6, 6.07) is 0. The van der Waals surface area contributed by atoms with E-state index in [1.165, 1.54) is 38.5 Å². The molecule has 0 fully saturated rings. The largest absolute Gasteiger partial charge is 1.00 e. The number of unbranched alkanes of at least 4 members (excludes halogenated alkanes) is 4. The Morgan fingerprint density at radius 2 is 1.05 bits per heavy atom. The van der Waals surface area contributed by atoms with E-state index in [1.807, 2.05) is 0 Å². The summed E-state index contributed by atoms with van der Waals surface area (Å²) in [5, 5.41) is 0. The molecule has 0 radical (unpaired) electrons. The van der Waals surface area contributed by atoms with Crippen molar-refractivity contribution in [3.05, 3.63) is 0 Å². The molecule has 0 saturated carbocycles. The molecule has 0 amide bonds. The molecule has 0 N–H and O–H groups in total. The van der Waals surface area contributed by atoms with Crippen LogP contribution in [0.4, 0.5) is 0 Å². The standard InChI is InChI=1S/C10H22O.3Na.H3O4P/c1-3-5-7-9-11-10-8-6-4-2;;;;1-5(2,3)4/h3-10H2,1-2H3;;;;(H3,1,2,3,4)/q;3*+1;/p-3. The van der Waals surface area contributed by atoms with E-state index in [2.05, 4.69) is 13.8 Å². The van der Waals surface area contributed by atoms with Crippen molar-refractivity contribution in [2.75, 3.05) is 13.2 Å². The summed E-state index contributed by atoms with van der Waals surface area (Å²) >= 11 is 0. The Morgan fingerprint density at radius 1 is 0.789 bits per heavy atom. The van der Waals surface area contributed by atoms with Crippen LogP contribution < -0.4 is 103 Å². The number of rotatable bonds is 8. The number of hydrogen-bond donors (Lipinski definition) is 0. The Hall–Kier alpha value is 3.07. The van der Waals surface area contributed by atoms with Crippen LogP contribution in [0.2, 0.25) is 0 Å². The van der Waals surface area contributed by atoms with E-state index in [4.69, 9.17) is 24.0 Å². The van der Waals surface area contributed by atoms with Crippen LogP contribution in [-0.4, -0.2) is 13.2 Å². The van der Waals surface area contributed by atoms with Crippen molar-refractivity contribution < 1.29 is 113 Å². The maximum absolute atomic E-state index is 8.55. The third-order valence-electron chi connectivity index (χ3n) is 1.78. The van der Waals surface area contributed by atoms with E-state index in [0.717, 1.165) is 13.2 Å². The van der Waals surface area contributed by atoms with Gasteiger partial charge in [0.05, 0.1) is 0 Å². The zero-order valence-electron chi connectivity index (χ0n) is 13.1. The van der Waals surface area contributed by atoms with Crippen LogP contribution in [0.5, 0.6) is 0 Å². The normalized spacial score (nSPS) is 9.11. The van der Waals surface area contributed by atoms with Gasteiger partial charge in [-0.1, -0.05) is 39.5 Å². The van der Waals surface area contributed by atoms with Gasteiger partial charge in [0, 0.05) is 13.2 Å². The van der Waals surface area contributed by atoms with Crippen molar-refractivity contribution >= 4 is 7.82 Å². The van der Waals surface area contributed by atoms with Crippen molar-refractivity contribution in [3.63, 3.8) is 0 Å². The molecule has 0 aliphatic carbocycles. The number of hydrogen-bond acceptors (Lipinski definition) is 5. The van der Waals surface area contributed by atoms with Crippen LogP contribution in [0, 0.1) is 0 Å². The molecule has 9 heteroatoms. The minimum Gasteiger partial charge on any atom is -0.822 e. The van der Waals surface area contributed by atoms with Gasteiger partial charge in [0.25, 0.3) is 0 Å². The fourth-order valence-corrected chi connectivity index (χ4v) is 1.01. The van der Waals surface area contributed by atoms with Crippen LogP contribution >= 0.6 is 7.82 Å². The van der Waals surface area contributed by atoms with Gasteiger partial charge < -0.3 is 24.0 Å². The third-order valence-corrected chi connectivity index (χ3v) is 1.78. The molecule has 0 aliphatic heterocycles. The van der Waals surface area contributed by atoms with Crippen molar-refractivity contribution in [1.82, 2.24) is 0 Å². The van der Waals surface area contributed by atoms with Gasteiger partial charge in [0.2, 0.25) is 0 Å². The predicted molar refractivity (Wildman–Crippen MR) is 57.5 cm³/mol. The van der Waals surface area contributed by atoms with E-state index in [1.54, 1.807) is 0 Å². The van der Waals surface area contributed by atoms with E-state index >= 15 is 0 Å². The second-order valence-electron chi connectivity index (χ2n) is 3.47. The molecule has 0 aromatic heterocycles. The van der Waals surface area contributed by atoms with Crippen LogP contribution in [-0.2, 0) is 9.30 Å². The van der Waals surface area contributed by atoms with Gasteiger partial charge >= 0.3 is 88.7 Å². The zero-order chi connectivity index (χ0) is 12.9. The molecule has 0 aromatic rings. The Morgan fingerprint density at radius 3 is 1.26 bits per heavy atom. The van der Waals surface area contributed by atoms with E-state index in [-0.39, 0.29) is 88.7 Å². The first kappa shape index (κ1) is 33.6. The topological polar surface area (TPSA) is 95.5 Å². The fraction of sp³-hybridized carbons (Fsp3) is 1.00. The molecule has 0 bridgehead atoms. The average Bonchev–Trinajstić information content (AvgIpc) is 2.14. The van der Waals surface area contributed by atoms with E-state index < -0.39 is 7.82 Å². The van der Waals surface area contributed by atoms with Gasteiger partial charge in [-0.3, -0.25) is 0 Å². The summed E-state index contributed by atoms with van der Waals surface area (Å²) in [5.74, 6) is 0. The first-order valence-electron chi connectivity index (χ1n) is 5.72. The van der Waals surface area contributed by atoms with Gasteiger partial charge in [0.15, 0.2) is 0 Å². The summed E-state index contributed by atoms with van der Waals surface area (Å²) in [4.78, 5) is 25.6. The van der Waals surface area contributed by atoms with Gasteiger partial charge in [-0.15, -0.1) is 0 Å². The average molecular weight is 322 g/mol.